The topological polar surface area (TPSA) is 114 Å². The Kier molecular flexibility index (Phi) is 6.37. The number of likely N-dealkylation sites (tertiary alicyclic amines) is 1. The van der Waals surface area contributed by atoms with Crippen molar-refractivity contribution in [2.75, 3.05) is 25.6 Å². The number of anilines is 1. The average molecular weight is 475 g/mol. The number of fused-ring (bicyclic) bond motifs is 1. The average Bonchev–Trinajstić information content (AvgIpc) is 3.36. The summed E-state index contributed by atoms with van der Waals surface area (Å²) in [5.41, 5.74) is -1.50. The molecular weight excluding hydrogens is 440 g/mol. The number of amides is 2. The maximum absolute atomic E-state index is 13.9. The van der Waals surface area contributed by atoms with E-state index in [0.717, 1.165) is 0 Å². The summed E-state index contributed by atoms with van der Waals surface area (Å²) in [4.78, 5) is 42.2. The van der Waals surface area contributed by atoms with E-state index in [4.69, 9.17) is 14.2 Å². The van der Waals surface area contributed by atoms with E-state index < -0.39 is 47.0 Å². The number of aliphatic hydroxyl groups excluding tert-OH is 1. The zero-order valence-electron chi connectivity index (χ0n) is 20.4. The monoisotopic (exact) mass is 474 g/mol. The summed E-state index contributed by atoms with van der Waals surface area (Å²) in [7, 11) is 1.56. The number of hydrogen-bond acceptors (Lipinski definition) is 7. The van der Waals surface area contributed by atoms with Crippen LogP contribution in [0.15, 0.2) is 24.3 Å². The third kappa shape index (κ3) is 3.56. The second kappa shape index (κ2) is 8.85. The molecule has 3 fully saturated rings. The number of hydrogen-bond donors (Lipinski definition) is 2. The van der Waals surface area contributed by atoms with Crippen molar-refractivity contribution in [2.45, 2.75) is 63.8 Å². The number of aliphatic hydroxyl groups is 1. The second-order valence-corrected chi connectivity index (χ2v) is 9.94. The Labute approximate surface area is 199 Å². The van der Waals surface area contributed by atoms with Gasteiger partial charge in [-0.2, -0.15) is 0 Å². The molecule has 2 N–H and O–H groups in total. The van der Waals surface area contributed by atoms with E-state index in [2.05, 4.69) is 5.32 Å². The smallest absolute Gasteiger partial charge is 0.312 e. The molecule has 0 radical (unpaired) electrons. The van der Waals surface area contributed by atoms with E-state index in [9.17, 15) is 19.5 Å². The van der Waals surface area contributed by atoms with Crippen LogP contribution in [0.4, 0.5) is 5.69 Å². The van der Waals surface area contributed by atoms with E-state index in [0.29, 0.717) is 24.3 Å². The summed E-state index contributed by atoms with van der Waals surface area (Å²) < 4.78 is 17.0. The van der Waals surface area contributed by atoms with Gasteiger partial charge >= 0.3 is 5.97 Å². The van der Waals surface area contributed by atoms with Gasteiger partial charge < -0.3 is 29.5 Å². The SMILES string of the molecule is CCOC(=O)[C@@H]1[C@H]2C(=O)N([C@@H](CO)C(C)C)C(C(=O)Nc3ccc(OC)cc3)C23CC[C@@]1(C)O3. The Bertz CT molecular complexity index is 965. The molecule has 1 aromatic carbocycles. The van der Waals surface area contributed by atoms with Gasteiger partial charge in [0.1, 0.15) is 23.3 Å². The first-order valence-corrected chi connectivity index (χ1v) is 11.9. The van der Waals surface area contributed by atoms with Crippen LogP contribution in [0, 0.1) is 17.8 Å². The number of carbonyl (C=O) groups excluding carboxylic acids is 3. The highest BCUT2D eigenvalue weighted by molar-refractivity contribution is 6.03. The number of nitrogens with one attached hydrogen (secondary N) is 1. The van der Waals surface area contributed by atoms with Gasteiger partial charge in [0.15, 0.2) is 0 Å². The van der Waals surface area contributed by atoms with Crippen LogP contribution in [0.1, 0.15) is 40.5 Å². The fourth-order valence-corrected chi connectivity index (χ4v) is 6.12. The third-order valence-corrected chi connectivity index (χ3v) is 7.67. The van der Waals surface area contributed by atoms with Crippen molar-refractivity contribution >= 4 is 23.5 Å². The van der Waals surface area contributed by atoms with Crippen molar-refractivity contribution in [1.82, 2.24) is 4.90 Å². The van der Waals surface area contributed by atoms with Gasteiger partial charge in [-0.15, -0.1) is 0 Å². The Morgan fingerprint density at radius 3 is 2.50 bits per heavy atom. The van der Waals surface area contributed by atoms with Crippen LogP contribution in [0.5, 0.6) is 5.75 Å². The molecule has 0 aromatic heterocycles. The van der Waals surface area contributed by atoms with Gasteiger partial charge in [0.2, 0.25) is 11.8 Å². The Hall–Kier alpha value is -2.65. The van der Waals surface area contributed by atoms with Crippen LogP contribution in [-0.4, -0.2) is 71.4 Å². The minimum atomic E-state index is -1.16. The van der Waals surface area contributed by atoms with Gasteiger partial charge in [0.25, 0.3) is 0 Å². The van der Waals surface area contributed by atoms with Crippen molar-refractivity contribution in [3.8, 4) is 5.75 Å². The van der Waals surface area contributed by atoms with Gasteiger partial charge in [-0.1, -0.05) is 13.8 Å². The molecular formula is C25H34N2O7. The lowest BCUT2D eigenvalue weighted by Crippen LogP contribution is -2.57. The molecule has 0 saturated carbocycles. The molecule has 34 heavy (non-hydrogen) atoms. The molecule has 3 saturated heterocycles. The number of nitrogens with zero attached hydrogens (tertiary/aromatic N) is 1. The molecule has 3 heterocycles. The van der Waals surface area contributed by atoms with E-state index in [1.807, 2.05) is 20.8 Å². The fraction of sp³-hybridized carbons (Fsp3) is 0.640. The first kappa shape index (κ1) is 24.5. The molecule has 2 bridgehead atoms. The minimum absolute atomic E-state index is 0.116. The zero-order valence-corrected chi connectivity index (χ0v) is 20.4. The molecule has 4 rings (SSSR count). The summed E-state index contributed by atoms with van der Waals surface area (Å²) in [5.74, 6) is -2.35. The summed E-state index contributed by atoms with van der Waals surface area (Å²) in [6, 6.07) is 5.30. The van der Waals surface area contributed by atoms with Crippen molar-refractivity contribution in [3.63, 3.8) is 0 Å². The highest BCUT2D eigenvalue weighted by atomic mass is 16.6. The molecule has 3 aliphatic heterocycles. The normalized spacial score (nSPS) is 32.6. The number of rotatable bonds is 8. The molecule has 2 amide bonds. The van der Waals surface area contributed by atoms with Crippen molar-refractivity contribution in [3.05, 3.63) is 24.3 Å². The van der Waals surface area contributed by atoms with Gasteiger partial charge in [0.05, 0.1) is 37.9 Å². The number of methoxy groups -OCH3 is 1. The van der Waals surface area contributed by atoms with Crippen LogP contribution >= 0.6 is 0 Å². The molecule has 1 spiro atoms. The first-order valence-electron chi connectivity index (χ1n) is 11.9. The van der Waals surface area contributed by atoms with Crippen molar-refractivity contribution < 1.29 is 33.7 Å². The first-order chi connectivity index (χ1) is 16.1. The quantitative estimate of drug-likeness (QED) is 0.554. The molecule has 9 heteroatoms. The highest BCUT2D eigenvalue weighted by Gasteiger charge is 2.78. The maximum Gasteiger partial charge on any atom is 0.312 e. The molecule has 6 atom stereocenters. The van der Waals surface area contributed by atoms with Gasteiger partial charge in [-0.25, -0.2) is 0 Å². The van der Waals surface area contributed by atoms with Crippen LogP contribution in [0.25, 0.3) is 0 Å². The molecule has 9 nitrogen and oxygen atoms in total. The lowest BCUT2D eigenvalue weighted by atomic mass is 9.66. The fourth-order valence-electron chi connectivity index (χ4n) is 6.12. The Balaban J connectivity index is 1.76. The Morgan fingerprint density at radius 2 is 1.94 bits per heavy atom. The second-order valence-electron chi connectivity index (χ2n) is 9.94. The number of esters is 1. The maximum atomic E-state index is 13.9. The van der Waals surface area contributed by atoms with E-state index >= 15 is 0 Å². The van der Waals surface area contributed by atoms with Gasteiger partial charge in [-0.3, -0.25) is 14.4 Å². The largest absolute Gasteiger partial charge is 0.497 e. The van der Waals surface area contributed by atoms with Gasteiger partial charge in [-0.05, 0) is 56.9 Å². The number of ether oxygens (including phenoxy) is 3. The van der Waals surface area contributed by atoms with E-state index in [1.165, 1.54) is 4.90 Å². The summed E-state index contributed by atoms with van der Waals surface area (Å²) in [6.07, 6.45) is 0.995. The molecule has 0 aliphatic carbocycles. The predicted octanol–water partition coefficient (Wildman–Crippen LogP) is 1.98. The van der Waals surface area contributed by atoms with Crippen LogP contribution in [0.2, 0.25) is 0 Å². The molecule has 2 unspecified atom stereocenters. The minimum Gasteiger partial charge on any atom is -0.497 e. The number of benzene rings is 1. The van der Waals surface area contributed by atoms with Crippen molar-refractivity contribution in [2.24, 2.45) is 17.8 Å². The summed E-state index contributed by atoms with van der Waals surface area (Å²) in [5, 5.41) is 13.1. The van der Waals surface area contributed by atoms with Crippen LogP contribution < -0.4 is 10.1 Å². The van der Waals surface area contributed by atoms with Crippen molar-refractivity contribution in [1.29, 1.82) is 0 Å². The van der Waals surface area contributed by atoms with Gasteiger partial charge in [0, 0.05) is 5.69 Å². The van der Waals surface area contributed by atoms with Crippen LogP contribution in [-0.2, 0) is 23.9 Å². The lowest BCUT2D eigenvalue weighted by Gasteiger charge is -2.38. The van der Waals surface area contributed by atoms with E-state index in [-0.39, 0.29) is 25.0 Å². The zero-order chi connectivity index (χ0) is 24.8. The standard InChI is InChI=1S/C25H34N2O7/c1-6-33-23(31)19-18-22(30)27(17(13-28)14(2)3)20(25(18)12-11-24(19,4)34-25)21(29)26-15-7-9-16(32-5)10-8-15/h7-10,14,17-20,28H,6,11-13H2,1-5H3,(H,26,29)/t17-,18-,19-,20?,24+,25?/m0/s1. The number of carbonyl (C=O) groups is 3. The molecule has 3 aliphatic rings. The third-order valence-electron chi connectivity index (χ3n) is 7.67. The lowest BCUT2D eigenvalue weighted by molar-refractivity contribution is -0.160. The highest BCUT2D eigenvalue weighted by Crippen LogP contribution is 2.63. The van der Waals surface area contributed by atoms with E-state index in [1.54, 1.807) is 38.3 Å². The summed E-state index contributed by atoms with van der Waals surface area (Å²) in [6.45, 7) is 7.21. The predicted molar refractivity (Wildman–Crippen MR) is 123 cm³/mol. The van der Waals surface area contributed by atoms with Crippen LogP contribution in [0.3, 0.4) is 0 Å². The Morgan fingerprint density at radius 1 is 1.26 bits per heavy atom. The molecule has 186 valence electrons. The molecule has 1 aromatic rings. The summed E-state index contributed by atoms with van der Waals surface area (Å²) >= 11 is 0.